The molecule has 0 aliphatic carbocycles. The van der Waals surface area contributed by atoms with E-state index in [4.69, 9.17) is 0 Å². The van der Waals surface area contributed by atoms with Crippen molar-refractivity contribution in [1.29, 1.82) is 0 Å². The van der Waals surface area contributed by atoms with E-state index in [0.29, 0.717) is 21.3 Å². The molecule has 2 aromatic carbocycles. The van der Waals surface area contributed by atoms with Crippen molar-refractivity contribution < 1.29 is 25.5 Å². The molecule has 126 valence electrons. The first-order chi connectivity index (χ1) is 11.3. The van der Waals surface area contributed by atoms with Crippen LogP contribution >= 0.6 is 15.9 Å². The molecule has 0 fully saturated rings. The molecule has 0 aromatic heterocycles. The van der Waals surface area contributed by atoms with Gasteiger partial charge in [0.15, 0.2) is 28.7 Å². The molecule has 2 aromatic rings. The van der Waals surface area contributed by atoms with E-state index >= 15 is 0 Å². The number of phenols is 5. The number of nitrogens with one attached hydrogen (secondary N) is 1. The highest BCUT2D eigenvalue weighted by atomic mass is 79.9. The van der Waals surface area contributed by atoms with Crippen LogP contribution in [0, 0.1) is 0 Å². The summed E-state index contributed by atoms with van der Waals surface area (Å²) in [6, 6.07) is 5.65. The van der Waals surface area contributed by atoms with Gasteiger partial charge in [-0.05, 0) is 57.4 Å². The highest BCUT2D eigenvalue weighted by Gasteiger charge is 2.08. The third-order valence-corrected chi connectivity index (χ3v) is 4.07. The summed E-state index contributed by atoms with van der Waals surface area (Å²) in [5.74, 6) is -1.84. The zero-order valence-electron chi connectivity index (χ0n) is 12.5. The maximum atomic E-state index is 9.64. The molecule has 6 nitrogen and oxygen atoms in total. The molecule has 24 heavy (non-hydrogen) atoms. The Labute approximate surface area is 146 Å². The summed E-state index contributed by atoms with van der Waals surface area (Å²) in [6.45, 7) is 4.09. The standard InChI is InChI=1S/C17H16BrNO5/c1-9(2-3-11-4-5-12(20)17(24)15(11)18)19-8-10-6-13(21)16(23)14(22)7-10/h2-7,19-24H,1,8H2/b3-2+. The Kier molecular flexibility index (Phi) is 5.25. The van der Waals surface area contributed by atoms with Crippen LogP contribution in [0.25, 0.3) is 6.08 Å². The average Bonchev–Trinajstić information content (AvgIpc) is 2.55. The number of aromatic hydroxyl groups is 5. The van der Waals surface area contributed by atoms with Gasteiger partial charge in [0.1, 0.15) is 0 Å². The summed E-state index contributed by atoms with van der Waals surface area (Å²) in [6.07, 6.45) is 3.35. The lowest BCUT2D eigenvalue weighted by Gasteiger charge is -2.09. The number of allylic oxidation sites excluding steroid dienone is 1. The van der Waals surface area contributed by atoms with Gasteiger partial charge in [-0.25, -0.2) is 0 Å². The maximum Gasteiger partial charge on any atom is 0.200 e. The highest BCUT2D eigenvalue weighted by molar-refractivity contribution is 9.10. The fourth-order valence-corrected chi connectivity index (χ4v) is 2.39. The van der Waals surface area contributed by atoms with Crippen LogP contribution in [0.2, 0.25) is 0 Å². The number of halogens is 1. The first-order valence-electron chi connectivity index (χ1n) is 6.84. The molecule has 0 heterocycles. The molecular weight excluding hydrogens is 378 g/mol. The summed E-state index contributed by atoms with van der Waals surface area (Å²) >= 11 is 3.19. The minimum Gasteiger partial charge on any atom is -0.504 e. The van der Waals surface area contributed by atoms with Crippen LogP contribution in [0.3, 0.4) is 0 Å². The fourth-order valence-electron chi connectivity index (χ4n) is 1.93. The first-order valence-corrected chi connectivity index (χ1v) is 7.64. The molecule has 0 radical (unpaired) electrons. The van der Waals surface area contributed by atoms with E-state index in [1.54, 1.807) is 18.2 Å². The van der Waals surface area contributed by atoms with Crippen molar-refractivity contribution in [2.75, 3.05) is 0 Å². The van der Waals surface area contributed by atoms with Crippen molar-refractivity contribution in [2.24, 2.45) is 0 Å². The minimum absolute atomic E-state index is 0.220. The van der Waals surface area contributed by atoms with Crippen molar-refractivity contribution in [3.8, 4) is 28.7 Å². The van der Waals surface area contributed by atoms with Crippen LogP contribution in [0.1, 0.15) is 11.1 Å². The summed E-state index contributed by atoms with van der Waals surface area (Å²) in [4.78, 5) is 0. The topological polar surface area (TPSA) is 113 Å². The molecule has 0 saturated carbocycles. The van der Waals surface area contributed by atoms with Crippen LogP contribution in [-0.2, 0) is 6.54 Å². The van der Waals surface area contributed by atoms with Crippen molar-refractivity contribution >= 4 is 22.0 Å². The molecule has 0 aliphatic heterocycles. The van der Waals surface area contributed by atoms with Gasteiger partial charge in [-0.1, -0.05) is 12.7 Å². The van der Waals surface area contributed by atoms with Crippen molar-refractivity contribution in [3.63, 3.8) is 0 Å². The van der Waals surface area contributed by atoms with Crippen LogP contribution in [0.4, 0.5) is 0 Å². The van der Waals surface area contributed by atoms with Crippen LogP contribution in [-0.4, -0.2) is 25.5 Å². The van der Waals surface area contributed by atoms with E-state index in [-0.39, 0.29) is 18.0 Å². The molecule has 0 atom stereocenters. The second-order valence-corrected chi connectivity index (χ2v) is 5.82. The van der Waals surface area contributed by atoms with Crippen molar-refractivity contribution in [2.45, 2.75) is 6.54 Å². The van der Waals surface area contributed by atoms with E-state index in [2.05, 4.69) is 27.8 Å². The zero-order chi connectivity index (χ0) is 17.9. The fraction of sp³-hybridized carbons (Fsp3) is 0.0588. The Morgan fingerprint density at radius 3 is 2.25 bits per heavy atom. The molecule has 0 saturated heterocycles. The van der Waals surface area contributed by atoms with Crippen LogP contribution in [0.5, 0.6) is 28.7 Å². The molecule has 0 amide bonds. The van der Waals surface area contributed by atoms with Gasteiger partial charge in [0, 0.05) is 12.2 Å². The highest BCUT2D eigenvalue weighted by Crippen LogP contribution is 2.36. The molecule has 6 N–H and O–H groups in total. The van der Waals surface area contributed by atoms with E-state index in [1.165, 1.54) is 18.2 Å². The van der Waals surface area contributed by atoms with Crippen molar-refractivity contribution in [1.82, 2.24) is 5.32 Å². The van der Waals surface area contributed by atoms with E-state index in [1.807, 2.05) is 0 Å². The lowest BCUT2D eigenvalue weighted by Crippen LogP contribution is -2.10. The average molecular weight is 394 g/mol. The van der Waals surface area contributed by atoms with Crippen LogP contribution in [0.15, 0.2) is 47.1 Å². The van der Waals surface area contributed by atoms with Gasteiger partial charge in [-0.2, -0.15) is 0 Å². The normalized spacial score (nSPS) is 10.9. The van der Waals surface area contributed by atoms with E-state index < -0.39 is 17.2 Å². The Balaban J connectivity index is 2.03. The minimum atomic E-state index is -0.561. The third-order valence-electron chi connectivity index (χ3n) is 3.24. The zero-order valence-corrected chi connectivity index (χ0v) is 14.1. The Bertz CT molecular complexity index is 794. The third kappa shape index (κ3) is 3.94. The van der Waals surface area contributed by atoms with Gasteiger partial charge in [0.25, 0.3) is 0 Å². The Hall–Kier alpha value is -2.80. The van der Waals surface area contributed by atoms with Gasteiger partial charge in [-0.15, -0.1) is 0 Å². The molecular formula is C17H16BrNO5. The summed E-state index contributed by atoms with van der Waals surface area (Å²) in [5, 5.41) is 50.2. The maximum absolute atomic E-state index is 9.64. The SMILES string of the molecule is C=C(/C=C/c1ccc(O)c(O)c1Br)NCc1cc(O)c(O)c(O)c1. The van der Waals surface area contributed by atoms with Gasteiger partial charge in [0.05, 0.1) is 4.47 Å². The Morgan fingerprint density at radius 1 is 1.00 bits per heavy atom. The molecule has 0 unspecified atom stereocenters. The van der Waals surface area contributed by atoms with Gasteiger partial charge in [0.2, 0.25) is 0 Å². The van der Waals surface area contributed by atoms with E-state index in [9.17, 15) is 25.5 Å². The van der Waals surface area contributed by atoms with Gasteiger partial charge < -0.3 is 30.8 Å². The molecule has 0 bridgehead atoms. The number of hydrogen-bond acceptors (Lipinski definition) is 6. The first kappa shape index (κ1) is 17.6. The lowest BCUT2D eigenvalue weighted by molar-refractivity contribution is 0.367. The Morgan fingerprint density at radius 2 is 1.62 bits per heavy atom. The largest absolute Gasteiger partial charge is 0.504 e. The number of phenolic OH excluding ortho intramolecular Hbond substituents is 5. The number of hydrogen-bond donors (Lipinski definition) is 6. The van der Waals surface area contributed by atoms with Gasteiger partial charge >= 0.3 is 0 Å². The lowest BCUT2D eigenvalue weighted by atomic mass is 10.1. The molecule has 0 spiro atoms. The second kappa shape index (κ2) is 7.18. The van der Waals surface area contributed by atoms with E-state index in [0.717, 1.165) is 0 Å². The predicted octanol–water partition coefficient (Wildman–Crippen LogP) is 3.29. The summed E-state index contributed by atoms with van der Waals surface area (Å²) < 4.78 is 0.361. The molecule has 7 heteroatoms. The van der Waals surface area contributed by atoms with Crippen molar-refractivity contribution in [3.05, 3.63) is 58.2 Å². The van der Waals surface area contributed by atoms with Crippen LogP contribution < -0.4 is 5.32 Å². The quantitative estimate of drug-likeness (QED) is 0.343. The summed E-state index contributed by atoms with van der Waals surface area (Å²) in [5.41, 5.74) is 1.75. The summed E-state index contributed by atoms with van der Waals surface area (Å²) in [7, 11) is 0. The molecule has 0 aliphatic rings. The number of benzene rings is 2. The monoisotopic (exact) mass is 393 g/mol. The second-order valence-electron chi connectivity index (χ2n) is 5.03. The van der Waals surface area contributed by atoms with Gasteiger partial charge in [-0.3, -0.25) is 0 Å². The predicted molar refractivity (Wildman–Crippen MR) is 93.9 cm³/mol. The number of rotatable bonds is 5. The molecule has 2 rings (SSSR count). The smallest absolute Gasteiger partial charge is 0.200 e.